The third-order valence-corrected chi connectivity index (χ3v) is 4.87. The van der Waals surface area contributed by atoms with Gasteiger partial charge < -0.3 is 14.7 Å². The van der Waals surface area contributed by atoms with Crippen LogP contribution in [0, 0.1) is 5.41 Å². The monoisotopic (exact) mass is 289 g/mol. The van der Waals surface area contributed by atoms with Crippen molar-refractivity contribution in [1.82, 2.24) is 4.90 Å². The van der Waals surface area contributed by atoms with Crippen molar-refractivity contribution in [2.24, 2.45) is 5.41 Å². The zero-order chi connectivity index (χ0) is 14.9. The Bertz CT molecular complexity index is 506. The molecule has 2 atom stereocenters. The molecule has 0 aromatic heterocycles. The summed E-state index contributed by atoms with van der Waals surface area (Å²) in [5.41, 5.74) is -0.148. The van der Waals surface area contributed by atoms with Crippen molar-refractivity contribution in [3.63, 3.8) is 0 Å². The van der Waals surface area contributed by atoms with Gasteiger partial charge >= 0.3 is 0 Å². The van der Waals surface area contributed by atoms with Crippen molar-refractivity contribution in [3.8, 4) is 0 Å². The molecule has 4 heteroatoms. The minimum Gasteiger partial charge on any atom is -0.385 e. The van der Waals surface area contributed by atoms with Crippen LogP contribution in [0.2, 0.25) is 0 Å². The Balaban J connectivity index is 1.64. The summed E-state index contributed by atoms with van der Waals surface area (Å²) in [5, 5.41) is 10.6. The van der Waals surface area contributed by atoms with Gasteiger partial charge in [0.05, 0.1) is 18.6 Å². The summed E-state index contributed by atoms with van der Waals surface area (Å²) in [6.07, 6.45) is 2.20. The molecule has 0 radical (unpaired) electrons. The molecular weight excluding hydrogens is 266 g/mol. The van der Waals surface area contributed by atoms with Crippen LogP contribution in [-0.4, -0.2) is 42.2 Å². The van der Waals surface area contributed by atoms with Gasteiger partial charge in [0.25, 0.3) is 0 Å². The van der Waals surface area contributed by atoms with Crippen LogP contribution in [0.25, 0.3) is 0 Å². The second-order valence-electron chi connectivity index (χ2n) is 6.68. The molecule has 1 N–H and O–H groups in total. The van der Waals surface area contributed by atoms with Gasteiger partial charge in [0.1, 0.15) is 0 Å². The third-order valence-electron chi connectivity index (χ3n) is 4.87. The molecule has 2 aliphatic heterocycles. The molecule has 2 heterocycles. The summed E-state index contributed by atoms with van der Waals surface area (Å²) in [4.78, 5) is 14.4. The van der Waals surface area contributed by atoms with Crippen molar-refractivity contribution in [2.75, 3.05) is 26.3 Å². The van der Waals surface area contributed by atoms with Crippen LogP contribution in [0.4, 0.5) is 0 Å². The van der Waals surface area contributed by atoms with Crippen molar-refractivity contribution < 1.29 is 14.6 Å². The Labute approximate surface area is 125 Å². The second-order valence-corrected chi connectivity index (χ2v) is 6.68. The number of aliphatic hydroxyl groups is 1. The van der Waals surface area contributed by atoms with Gasteiger partial charge in [-0.3, -0.25) is 4.79 Å². The maximum Gasteiger partial charge on any atom is 0.225 e. The highest BCUT2D eigenvalue weighted by Gasteiger charge is 2.43. The number of amides is 1. The number of likely N-dealkylation sites (tertiary alicyclic amines) is 1. The van der Waals surface area contributed by atoms with E-state index in [0.29, 0.717) is 0 Å². The predicted octanol–water partition coefficient (Wildman–Crippen LogP) is 1.92. The number of ether oxygens (including phenoxy) is 1. The van der Waals surface area contributed by atoms with E-state index < -0.39 is 5.60 Å². The van der Waals surface area contributed by atoms with Gasteiger partial charge in [-0.15, -0.1) is 0 Å². The highest BCUT2D eigenvalue weighted by Crippen LogP contribution is 2.39. The minimum atomic E-state index is -1.11. The van der Waals surface area contributed by atoms with Gasteiger partial charge in [0.2, 0.25) is 5.91 Å². The van der Waals surface area contributed by atoms with Crippen LogP contribution in [-0.2, 0) is 15.1 Å². The first-order valence-electron chi connectivity index (χ1n) is 7.64. The molecule has 4 nitrogen and oxygen atoms in total. The van der Waals surface area contributed by atoms with E-state index in [1.54, 1.807) is 6.92 Å². The van der Waals surface area contributed by atoms with E-state index in [9.17, 15) is 9.90 Å². The molecule has 1 amide bonds. The molecule has 0 aliphatic carbocycles. The van der Waals surface area contributed by atoms with Crippen molar-refractivity contribution >= 4 is 5.91 Å². The fourth-order valence-corrected chi connectivity index (χ4v) is 3.42. The topological polar surface area (TPSA) is 49.8 Å². The highest BCUT2D eigenvalue weighted by molar-refractivity contribution is 5.78. The summed E-state index contributed by atoms with van der Waals surface area (Å²) < 4.78 is 5.49. The van der Waals surface area contributed by atoms with Gasteiger partial charge in [0.15, 0.2) is 0 Å². The summed E-state index contributed by atoms with van der Waals surface area (Å²) in [6.45, 7) is 4.85. The Morgan fingerprint density at radius 3 is 2.81 bits per heavy atom. The van der Waals surface area contributed by atoms with E-state index in [-0.39, 0.29) is 17.7 Å². The van der Waals surface area contributed by atoms with Gasteiger partial charge in [-0.05, 0) is 25.3 Å². The Morgan fingerprint density at radius 2 is 2.14 bits per heavy atom. The molecule has 2 saturated heterocycles. The lowest BCUT2D eigenvalue weighted by Gasteiger charge is -2.27. The molecule has 0 bridgehead atoms. The van der Waals surface area contributed by atoms with E-state index in [0.717, 1.165) is 44.7 Å². The second kappa shape index (κ2) is 5.43. The zero-order valence-electron chi connectivity index (χ0n) is 12.5. The fraction of sp³-hybridized carbons (Fsp3) is 0.588. The van der Waals surface area contributed by atoms with E-state index in [1.807, 2.05) is 35.2 Å². The molecule has 1 spiro atoms. The van der Waals surface area contributed by atoms with E-state index >= 15 is 0 Å². The van der Waals surface area contributed by atoms with Crippen LogP contribution in [0.5, 0.6) is 0 Å². The lowest BCUT2D eigenvalue weighted by molar-refractivity contribution is -0.135. The van der Waals surface area contributed by atoms with Crippen LogP contribution in [0.15, 0.2) is 30.3 Å². The summed E-state index contributed by atoms with van der Waals surface area (Å²) in [6, 6.07) is 9.41. The van der Waals surface area contributed by atoms with Crippen molar-refractivity contribution in [2.45, 2.75) is 31.8 Å². The summed E-state index contributed by atoms with van der Waals surface area (Å²) in [7, 11) is 0. The number of carbonyl (C=O) groups is 1. The molecule has 3 rings (SSSR count). The highest BCUT2D eigenvalue weighted by atomic mass is 16.5. The number of carbonyl (C=O) groups excluding carboxylic acids is 1. The average Bonchev–Trinajstić information content (AvgIpc) is 3.10. The lowest BCUT2D eigenvalue weighted by atomic mass is 9.87. The van der Waals surface area contributed by atoms with E-state index in [2.05, 4.69) is 0 Å². The van der Waals surface area contributed by atoms with Crippen LogP contribution in [0.3, 0.4) is 0 Å². The predicted molar refractivity (Wildman–Crippen MR) is 79.7 cm³/mol. The van der Waals surface area contributed by atoms with Gasteiger partial charge in [-0.1, -0.05) is 30.3 Å². The average molecular weight is 289 g/mol. The standard InChI is InChI=1S/C17H23NO3/c1-16(20,14-5-3-2-4-6-14)11-15(19)18-9-7-17(12-18)8-10-21-13-17/h2-6,20H,7-13H2,1H3. The molecule has 1 aromatic rings. The largest absolute Gasteiger partial charge is 0.385 e. The number of nitrogens with zero attached hydrogens (tertiary/aromatic N) is 1. The van der Waals surface area contributed by atoms with Crippen LogP contribution in [0.1, 0.15) is 31.7 Å². The molecule has 2 aliphatic rings. The molecular formula is C17H23NO3. The van der Waals surface area contributed by atoms with Crippen molar-refractivity contribution in [3.05, 3.63) is 35.9 Å². The summed E-state index contributed by atoms with van der Waals surface area (Å²) >= 11 is 0. The number of rotatable bonds is 3. The van der Waals surface area contributed by atoms with Gasteiger partial charge in [-0.2, -0.15) is 0 Å². The zero-order valence-corrected chi connectivity index (χ0v) is 12.5. The third kappa shape index (κ3) is 2.97. The smallest absolute Gasteiger partial charge is 0.225 e. The first kappa shape index (κ1) is 14.5. The van der Waals surface area contributed by atoms with Crippen LogP contribution < -0.4 is 0 Å². The molecule has 2 fully saturated rings. The molecule has 1 aromatic carbocycles. The maximum atomic E-state index is 12.5. The Hall–Kier alpha value is -1.39. The lowest BCUT2D eigenvalue weighted by Crippen LogP contribution is -2.37. The van der Waals surface area contributed by atoms with E-state index in [4.69, 9.17) is 4.74 Å². The number of hydrogen-bond acceptors (Lipinski definition) is 3. The van der Waals surface area contributed by atoms with E-state index in [1.165, 1.54) is 0 Å². The first-order chi connectivity index (χ1) is 10.0. The normalized spacial score (nSPS) is 28.0. The SMILES string of the molecule is CC(O)(CC(=O)N1CCC2(CCOC2)C1)c1ccccc1. The van der Waals surface area contributed by atoms with Gasteiger partial charge in [-0.25, -0.2) is 0 Å². The minimum absolute atomic E-state index is 0.0348. The number of hydrogen-bond donors (Lipinski definition) is 1. The van der Waals surface area contributed by atoms with Crippen LogP contribution >= 0.6 is 0 Å². The maximum absolute atomic E-state index is 12.5. The fourth-order valence-electron chi connectivity index (χ4n) is 3.42. The quantitative estimate of drug-likeness (QED) is 0.925. The Kier molecular flexibility index (Phi) is 3.76. The summed E-state index contributed by atoms with van der Waals surface area (Å²) in [5.74, 6) is 0.0348. The molecule has 114 valence electrons. The molecule has 21 heavy (non-hydrogen) atoms. The number of benzene rings is 1. The van der Waals surface area contributed by atoms with Gasteiger partial charge in [0, 0.05) is 25.1 Å². The molecule has 0 saturated carbocycles. The van der Waals surface area contributed by atoms with Crippen molar-refractivity contribution in [1.29, 1.82) is 0 Å². The molecule has 2 unspecified atom stereocenters. The first-order valence-corrected chi connectivity index (χ1v) is 7.64. The Morgan fingerprint density at radius 1 is 1.38 bits per heavy atom.